The summed E-state index contributed by atoms with van der Waals surface area (Å²) in [5, 5.41) is 4.93. The molecule has 7 heteroatoms. The molecule has 0 aliphatic carbocycles. The van der Waals surface area contributed by atoms with Gasteiger partial charge in [-0.05, 0) is 18.2 Å². The molecule has 2 rings (SSSR count). The lowest BCUT2D eigenvalue weighted by atomic mass is 10.3. The van der Waals surface area contributed by atoms with Crippen LogP contribution in [0.5, 0.6) is 0 Å². The van der Waals surface area contributed by atoms with E-state index in [1.54, 1.807) is 5.01 Å². The molecule has 0 unspecified atom stereocenters. The fraction of sp³-hybridized carbons (Fsp3) is 0.167. The molecule has 4 N–H and O–H groups in total. The molecule has 0 radical (unpaired) electrons. The Morgan fingerprint density at radius 1 is 1.21 bits per heavy atom. The zero-order valence-corrected chi connectivity index (χ0v) is 12.3. The normalized spacial score (nSPS) is 10.5. The number of rotatable bonds is 4. The average molecular weight is 323 g/mol. The fourth-order valence-electron chi connectivity index (χ4n) is 1.50. The second kappa shape index (κ2) is 5.85. The summed E-state index contributed by atoms with van der Waals surface area (Å²) in [5.41, 5.74) is 10.4. The largest absolute Gasteiger partial charge is 0.393 e. The maximum absolute atomic E-state index is 6.03. The first-order chi connectivity index (χ1) is 9.06. The number of halogens is 1. The Balaban J connectivity index is 2.25. The van der Waals surface area contributed by atoms with Gasteiger partial charge in [0.25, 0.3) is 0 Å². The van der Waals surface area contributed by atoms with Crippen molar-refractivity contribution < 1.29 is 0 Å². The van der Waals surface area contributed by atoms with E-state index in [4.69, 9.17) is 5.73 Å². The van der Waals surface area contributed by atoms with Crippen molar-refractivity contribution in [3.8, 4) is 0 Å². The minimum atomic E-state index is 0.469. The molecule has 100 valence electrons. The second-order valence-electron chi connectivity index (χ2n) is 4.13. The van der Waals surface area contributed by atoms with Gasteiger partial charge in [0.05, 0.1) is 0 Å². The van der Waals surface area contributed by atoms with E-state index in [-0.39, 0.29) is 0 Å². The molecule has 0 saturated heterocycles. The van der Waals surface area contributed by atoms with E-state index in [2.05, 4.69) is 36.6 Å². The molecule has 0 amide bonds. The first-order valence-electron chi connectivity index (χ1n) is 5.63. The highest BCUT2D eigenvalue weighted by Crippen LogP contribution is 2.26. The van der Waals surface area contributed by atoms with Gasteiger partial charge < -0.3 is 16.5 Å². The van der Waals surface area contributed by atoms with Crippen LogP contribution >= 0.6 is 15.9 Å². The Morgan fingerprint density at radius 2 is 1.95 bits per heavy atom. The molecule has 1 aromatic carbocycles. The molecule has 2 aromatic rings. The lowest BCUT2D eigenvalue weighted by Gasteiger charge is -2.16. The molecule has 0 spiro atoms. The molecule has 1 aromatic heterocycles. The summed E-state index contributed by atoms with van der Waals surface area (Å²) in [6.07, 6.45) is 1.46. The number of nitrogen functional groups attached to an aromatic ring is 1. The van der Waals surface area contributed by atoms with Crippen LogP contribution in [0.25, 0.3) is 0 Å². The third-order valence-corrected chi connectivity index (χ3v) is 2.79. The van der Waals surface area contributed by atoms with Crippen molar-refractivity contribution in [3.63, 3.8) is 0 Å². The maximum atomic E-state index is 6.03. The van der Waals surface area contributed by atoms with Crippen molar-refractivity contribution in [3.05, 3.63) is 35.1 Å². The van der Waals surface area contributed by atoms with Gasteiger partial charge in [0.1, 0.15) is 12.0 Å². The van der Waals surface area contributed by atoms with Crippen LogP contribution in [0, 0.1) is 0 Å². The van der Waals surface area contributed by atoms with Crippen LogP contribution in [-0.4, -0.2) is 29.1 Å². The molecular weight excluding hydrogens is 308 g/mol. The third-order valence-electron chi connectivity index (χ3n) is 2.30. The number of hydrogen-bond acceptors (Lipinski definition) is 6. The summed E-state index contributed by atoms with van der Waals surface area (Å²) in [4.78, 5) is 8.25. The van der Waals surface area contributed by atoms with Crippen LogP contribution < -0.4 is 16.5 Å². The van der Waals surface area contributed by atoms with Gasteiger partial charge in [0.2, 0.25) is 0 Å². The van der Waals surface area contributed by atoms with Crippen molar-refractivity contribution in [1.29, 1.82) is 0 Å². The average Bonchev–Trinajstić information content (AvgIpc) is 2.34. The van der Waals surface area contributed by atoms with Crippen LogP contribution in [0.2, 0.25) is 0 Å². The number of anilines is 4. The molecule has 0 aliphatic rings. The SMILES string of the molecule is CN(C)Nc1ncnc(Nc2cccc(Br)c2)c1N. The van der Waals surface area contributed by atoms with Crippen molar-refractivity contribution in [2.45, 2.75) is 0 Å². The number of hydrazine groups is 1. The number of benzene rings is 1. The smallest absolute Gasteiger partial charge is 0.169 e. The lowest BCUT2D eigenvalue weighted by molar-refractivity contribution is 0.492. The molecule has 0 aliphatic heterocycles. The van der Waals surface area contributed by atoms with Crippen molar-refractivity contribution >= 4 is 38.9 Å². The number of nitrogens with one attached hydrogen (secondary N) is 2. The highest BCUT2D eigenvalue weighted by molar-refractivity contribution is 9.10. The summed E-state index contributed by atoms with van der Waals surface area (Å²) < 4.78 is 0.983. The monoisotopic (exact) mass is 322 g/mol. The number of aromatic nitrogens is 2. The number of nitrogens with zero attached hydrogens (tertiary/aromatic N) is 3. The third kappa shape index (κ3) is 3.55. The highest BCUT2D eigenvalue weighted by Gasteiger charge is 2.08. The van der Waals surface area contributed by atoms with E-state index in [0.29, 0.717) is 17.3 Å². The first kappa shape index (κ1) is 13.6. The van der Waals surface area contributed by atoms with E-state index in [0.717, 1.165) is 10.2 Å². The predicted octanol–water partition coefficient (Wildman–Crippen LogP) is 2.45. The van der Waals surface area contributed by atoms with E-state index in [9.17, 15) is 0 Å². The molecule has 0 fully saturated rings. The summed E-state index contributed by atoms with van der Waals surface area (Å²) >= 11 is 3.42. The van der Waals surface area contributed by atoms with Gasteiger partial charge in [-0.3, -0.25) is 0 Å². The number of nitrogens with two attached hydrogens (primary N) is 1. The maximum Gasteiger partial charge on any atom is 0.169 e. The van der Waals surface area contributed by atoms with Crippen molar-refractivity contribution in [2.75, 3.05) is 30.6 Å². The molecule has 19 heavy (non-hydrogen) atoms. The van der Waals surface area contributed by atoms with Crippen LogP contribution in [0.4, 0.5) is 23.0 Å². The van der Waals surface area contributed by atoms with Gasteiger partial charge in [-0.2, -0.15) is 0 Å². The minimum absolute atomic E-state index is 0.469. The Bertz CT molecular complexity index is 572. The highest BCUT2D eigenvalue weighted by atomic mass is 79.9. The fourth-order valence-corrected chi connectivity index (χ4v) is 1.90. The van der Waals surface area contributed by atoms with E-state index in [1.807, 2.05) is 38.4 Å². The van der Waals surface area contributed by atoms with Gasteiger partial charge in [0.15, 0.2) is 11.6 Å². The van der Waals surface area contributed by atoms with E-state index in [1.165, 1.54) is 6.33 Å². The van der Waals surface area contributed by atoms with Gasteiger partial charge >= 0.3 is 0 Å². The van der Waals surface area contributed by atoms with Crippen molar-refractivity contribution in [1.82, 2.24) is 15.0 Å². The number of hydrogen-bond donors (Lipinski definition) is 3. The van der Waals surface area contributed by atoms with E-state index >= 15 is 0 Å². The standard InChI is InChI=1S/C12H15BrN6/c1-19(2)18-12-10(14)11(15-7-16-12)17-9-5-3-4-8(13)6-9/h3-7H,14H2,1-2H3,(H2,15,16,17,18). The zero-order chi connectivity index (χ0) is 13.8. The van der Waals surface area contributed by atoms with E-state index < -0.39 is 0 Å². The quantitative estimate of drug-likeness (QED) is 0.750. The molecule has 1 heterocycles. The topological polar surface area (TPSA) is 79.1 Å². The van der Waals surface area contributed by atoms with Crippen molar-refractivity contribution in [2.24, 2.45) is 0 Å². The predicted molar refractivity (Wildman–Crippen MR) is 81.2 cm³/mol. The van der Waals surface area contributed by atoms with Gasteiger partial charge in [-0.15, -0.1) is 0 Å². The van der Waals surface area contributed by atoms with Gasteiger partial charge in [-0.25, -0.2) is 15.0 Å². The van der Waals surface area contributed by atoms with Gasteiger partial charge in [0, 0.05) is 24.3 Å². The van der Waals surface area contributed by atoms with Crippen LogP contribution in [0.1, 0.15) is 0 Å². The summed E-state index contributed by atoms with van der Waals surface area (Å²) in [6, 6.07) is 7.77. The molecular formula is C12H15BrN6. The zero-order valence-electron chi connectivity index (χ0n) is 10.7. The Morgan fingerprint density at radius 3 is 2.63 bits per heavy atom. The Kier molecular flexibility index (Phi) is 4.18. The molecule has 0 saturated carbocycles. The van der Waals surface area contributed by atoms with Crippen LogP contribution in [0.3, 0.4) is 0 Å². The first-order valence-corrected chi connectivity index (χ1v) is 6.42. The summed E-state index contributed by atoms with van der Waals surface area (Å²) in [5.74, 6) is 1.13. The Labute approximate surface area is 120 Å². The van der Waals surface area contributed by atoms with Crippen LogP contribution in [0.15, 0.2) is 35.1 Å². The molecule has 6 nitrogen and oxygen atoms in total. The van der Waals surface area contributed by atoms with Crippen LogP contribution in [-0.2, 0) is 0 Å². The molecule has 0 atom stereocenters. The van der Waals surface area contributed by atoms with Gasteiger partial charge in [-0.1, -0.05) is 22.0 Å². The second-order valence-corrected chi connectivity index (χ2v) is 5.04. The Hall–Kier alpha value is -1.86. The summed E-state index contributed by atoms with van der Waals surface area (Å²) in [7, 11) is 3.73. The summed E-state index contributed by atoms with van der Waals surface area (Å²) in [6.45, 7) is 0. The lowest BCUT2D eigenvalue weighted by Crippen LogP contribution is -2.21. The molecule has 0 bridgehead atoms. The minimum Gasteiger partial charge on any atom is -0.393 e.